The van der Waals surface area contributed by atoms with Gasteiger partial charge in [-0.15, -0.1) is 0 Å². The van der Waals surface area contributed by atoms with Crippen molar-refractivity contribution in [2.75, 3.05) is 6.54 Å². The molecule has 20 heavy (non-hydrogen) atoms. The Balaban J connectivity index is 1.69. The molecule has 0 radical (unpaired) electrons. The van der Waals surface area contributed by atoms with Crippen LogP contribution in [0.25, 0.3) is 0 Å². The molecule has 0 aliphatic heterocycles. The van der Waals surface area contributed by atoms with Gasteiger partial charge in [0.05, 0.1) is 6.33 Å². The summed E-state index contributed by atoms with van der Waals surface area (Å²) < 4.78 is 28.0. The summed E-state index contributed by atoms with van der Waals surface area (Å²) in [6.45, 7) is 3.73. The molecule has 0 bridgehead atoms. The number of nitrogens with one attached hydrogen (secondary N) is 1. The van der Waals surface area contributed by atoms with E-state index < -0.39 is 11.6 Å². The maximum absolute atomic E-state index is 13.1. The molecule has 5 heteroatoms. The van der Waals surface area contributed by atoms with Crippen molar-refractivity contribution < 1.29 is 8.78 Å². The molecule has 0 aliphatic rings. The fraction of sp³-hybridized carbons (Fsp3) is 0.400. The molecule has 2 rings (SSSR count). The van der Waals surface area contributed by atoms with Crippen LogP contribution in [0, 0.1) is 11.6 Å². The number of halogens is 2. The molecule has 1 atom stereocenters. The van der Waals surface area contributed by atoms with Gasteiger partial charge in [-0.1, -0.05) is 6.07 Å². The highest BCUT2D eigenvalue weighted by Gasteiger charge is 2.08. The van der Waals surface area contributed by atoms with Crippen molar-refractivity contribution in [3.05, 3.63) is 54.1 Å². The molecule has 0 amide bonds. The molecule has 0 aliphatic carbocycles. The molecule has 1 aromatic carbocycles. The third-order valence-electron chi connectivity index (χ3n) is 3.30. The molecule has 3 nitrogen and oxygen atoms in total. The Morgan fingerprint density at radius 2 is 2.10 bits per heavy atom. The average molecular weight is 279 g/mol. The summed E-state index contributed by atoms with van der Waals surface area (Å²) in [5, 5.41) is 3.31. The van der Waals surface area contributed by atoms with Crippen molar-refractivity contribution in [1.29, 1.82) is 0 Å². The largest absolute Gasteiger partial charge is 0.337 e. The van der Waals surface area contributed by atoms with Gasteiger partial charge in [-0.25, -0.2) is 13.8 Å². The maximum Gasteiger partial charge on any atom is 0.159 e. The Morgan fingerprint density at radius 1 is 1.25 bits per heavy atom. The Hall–Kier alpha value is -1.75. The lowest BCUT2D eigenvalue weighted by atomic mass is 10.1. The van der Waals surface area contributed by atoms with Crippen LogP contribution in [0.1, 0.15) is 31.4 Å². The van der Waals surface area contributed by atoms with E-state index in [0.717, 1.165) is 31.5 Å². The van der Waals surface area contributed by atoms with E-state index in [4.69, 9.17) is 0 Å². The van der Waals surface area contributed by atoms with Gasteiger partial charge in [0.15, 0.2) is 11.6 Å². The Labute approximate surface area is 117 Å². The zero-order valence-corrected chi connectivity index (χ0v) is 11.5. The fourth-order valence-electron chi connectivity index (χ4n) is 2.06. The normalized spacial score (nSPS) is 12.6. The molecule has 0 spiro atoms. The summed E-state index contributed by atoms with van der Waals surface area (Å²) in [5.74, 6) is -1.60. The van der Waals surface area contributed by atoms with Gasteiger partial charge in [0.2, 0.25) is 0 Å². The molecule has 0 saturated carbocycles. The smallest absolute Gasteiger partial charge is 0.159 e. The first kappa shape index (κ1) is 14.7. The van der Waals surface area contributed by atoms with E-state index in [0.29, 0.717) is 0 Å². The molecular weight excluding hydrogens is 260 g/mol. The van der Waals surface area contributed by atoms with E-state index in [9.17, 15) is 8.78 Å². The Morgan fingerprint density at radius 3 is 2.80 bits per heavy atom. The molecule has 0 saturated heterocycles. The minimum Gasteiger partial charge on any atom is -0.337 e. The second kappa shape index (κ2) is 7.14. The van der Waals surface area contributed by atoms with Gasteiger partial charge >= 0.3 is 0 Å². The zero-order chi connectivity index (χ0) is 14.4. The van der Waals surface area contributed by atoms with Crippen molar-refractivity contribution in [2.24, 2.45) is 0 Å². The van der Waals surface area contributed by atoms with Crippen LogP contribution < -0.4 is 5.32 Å². The summed E-state index contributed by atoms with van der Waals surface area (Å²) in [7, 11) is 0. The van der Waals surface area contributed by atoms with Gasteiger partial charge < -0.3 is 9.88 Å². The number of aromatic nitrogens is 2. The lowest BCUT2D eigenvalue weighted by Crippen LogP contribution is -2.20. The molecule has 108 valence electrons. The summed E-state index contributed by atoms with van der Waals surface area (Å²) in [6, 6.07) is 4.04. The molecule has 1 N–H and O–H groups in total. The average Bonchev–Trinajstić information content (AvgIpc) is 2.94. The first-order valence-corrected chi connectivity index (χ1v) is 6.81. The van der Waals surface area contributed by atoms with Crippen LogP contribution in [0.3, 0.4) is 0 Å². The molecule has 2 aromatic rings. The van der Waals surface area contributed by atoms with E-state index in [2.05, 4.69) is 10.3 Å². The predicted octanol–water partition coefficient (Wildman–Crippen LogP) is 3.29. The van der Waals surface area contributed by atoms with Crippen LogP contribution in [0.4, 0.5) is 8.78 Å². The maximum atomic E-state index is 13.1. The monoisotopic (exact) mass is 279 g/mol. The summed E-state index contributed by atoms with van der Waals surface area (Å²) in [6.07, 6.45) is 7.58. The zero-order valence-electron chi connectivity index (χ0n) is 11.5. The second-order valence-electron chi connectivity index (χ2n) is 4.86. The van der Waals surface area contributed by atoms with E-state index >= 15 is 0 Å². The first-order chi connectivity index (χ1) is 9.66. The summed E-state index contributed by atoms with van der Waals surface area (Å²) >= 11 is 0. The number of hydrogen-bond donors (Lipinski definition) is 1. The van der Waals surface area contributed by atoms with Gasteiger partial charge in [0.25, 0.3) is 0 Å². The number of unbranched alkanes of at least 4 members (excludes halogenated alkanes) is 1. The number of hydrogen-bond acceptors (Lipinski definition) is 2. The predicted molar refractivity (Wildman–Crippen MR) is 74.2 cm³/mol. The van der Waals surface area contributed by atoms with Gasteiger partial charge in [0.1, 0.15) is 0 Å². The molecule has 1 aromatic heterocycles. The van der Waals surface area contributed by atoms with Crippen LogP contribution in [-0.2, 0) is 6.54 Å². The number of imidazole rings is 1. The van der Waals surface area contributed by atoms with Gasteiger partial charge in [-0.05, 0) is 44.0 Å². The van der Waals surface area contributed by atoms with E-state index in [1.54, 1.807) is 18.6 Å². The lowest BCUT2D eigenvalue weighted by Gasteiger charge is -2.14. The van der Waals surface area contributed by atoms with E-state index in [-0.39, 0.29) is 6.04 Å². The lowest BCUT2D eigenvalue weighted by molar-refractivity contribution is 0.496. The number of nitrogens with zero attached hydrogens (tertiary/aromatic N) is 2. The molecule has 1 heterocycles. The quantitative estimate of drug-likeness (QED) is 0.788. The minimum absolute atomic E-state index is 0.0124. The number of rotatable bonds is 7. The van der Waals surface area contributed by atoms with Crippen molar-refractivity contribution in [2.45, 2.75) is 32.4 Å². The van der Waals surface area contributed by atoms with Gasteiger partial charge in [0, 0.05) is 25.0 Å². The minimum atomic E-state index is -0.804. The highest BCUT2D eigenvalue weighted by atomic mass is 19.2. The van der Waals surface area contributed by atoms with E-state index in [1.807, 2.05) is 17.7 Å². The third-order valence-corrected chi connectivity index (χ3v) is 3.30. The SMILES string of the molecule is CC(NCCCCn1ccnc1)c1ccc(F)c(F)c1. The van der Waals surface area contributed by atoms with E-state index in [1.165, 1.54) is 12.1 Å². The highest BCUT2D eigenvalue weighted by Crippen LogP contribution is 2.15. The van der Waals surface area contributed by atoms with Crippen LogP contribution >= 0.6 is 0 Å². The van der Waals surface area contributed by atoms with Crippen molar-refractivity contribution >= 4 is 0 Å². The van der Waals surface area contributed by atoms with Gasteiger partial charge in [-0.2, -0.15) is 0 Å². The number of benzene rings is 1. The second-order valence-corrected chi connectivity index (χ2v) is 4.86. The molecule has 1 unspecified atom stereocenters. The van der Waals surface area contributed by atoms with Crippen molar-refractivity contribution in [3.63, 3.8) is 0 Å². The van der Waals surface area contributed by atoms with Gasteiger partial charge in [-0.3, -0.25) is 0 Å². The topological polar surface area (TPSA) is 29.9 Å². The van der Waals surface area contributed by atoms with Crippen molar-refractivity contribution in [3.8, 4) is 0 Å². The summed E-state index contributed by atoms with van der Waals surface area (Å²) in [4.78, 5) is 3.99. The van der Waals surface area contributed by atoms with Crippen LogP contribution in [0.5, 0.6) is 0 Å². The Kier molecular flexibility index (Phi) is 5.24. The number of aryl methyl sites for hydroxylation is 1. The Bertz CT molecular complexity index is 526. The fourth-order valence-corrected chi connectivity index (χ4v) is 2.06. The molecule has 0 fully saturated rings. The van der Waals surface area contributed by atoms with Crippen molar-refractivity contribution in [1.82, 2.24) is 14.9 Å². The van der Waals surface area contributed by atoms with Crippen LogP contribution in [0.15, 0.2) is 36.9 Å². The highest BCUT2D eigenvalue weighted by molar-refractivity contribution is 5.20. The first-order valence-electron chi connectivity index (χ1n) is 6.81. The third kappa shape index (κ3) is 4.13. The summed E-state index contributed by atoms with van der Waals surface area (Å²) in [5.41, 5.74) is 0.763. The van der Waals surface area contributed by atoms with Crippen LogP contribution in [-0.4, -0.2) is 16.1 Å². The molecular formula is C15H19F2N3. The van der Waals surface area contributed by atoms with Crippen LogP contribution in [0.2, 0.25) is 0 Å². The standard InChI is InChI=1S/C15H19F2N3/c1-12(13-4-5-14(16)15(17)10-13)19-6-2-3-8-20-9-7-18-11-20/h4-5,7,9-12,19H,2-3,6,8H2,1H3.